The molecule has 0 spiro atoms. The van der Waals surface area contributed by atoms with Gasteiger partial charge in [0.2, 0.25) is 0 Å². The molecule has 27 heavy (non-hydrogen) atoms. The minimum Gasteiger partial charge on any atom is -0.493 e. The molecule has 0 saturated carbocycles. The Morgan fingerprint density at radius 1 is 1.19 bits per heavy atom. The molecular weight excluding hydrogens is 358 g/mol. The second kappa shape index (κ2) is 8.09. The van der Waals surface area contributed by atoms with Crippen LogP contribution in [0.1, 0.15) is 5.56 Å². The summed E-state index contributed by atoms with van der Waals surface area (Å²) in [5.41, 5.74) is 1.00. The summed E-state index contributed by atoms with van der Waals surface area (Å²) in [4.78, 5) is 14.3. The minimum atomic E-state index is -2.95. The third-order valence-electron chi connectivity index (χ3n) is 3.90. The zero-order valence-corrected chi connectivity index (χ0v) is 14.8. The molecule has 0 fully saturated rings. The van der Waals surface area contributed by atoms with E-state index in [1.165, 1.54) is 17.9 Å². The Hall–Kier alpha value is -3.07. The van der Waals surface area contributed by atoms with Gasteiger partial charge in [-0.3, -0.25) is 9.69 Å². The van der Waals surface area contributed by atoms with Gasteiger partial charge in [-0.2, -0.15) is 13.5 Å². The van der Waals surface area contributed by atoms with Crippen LogP contribution in [-0.2, 0) is 13.2 Å². The van der Waals surface area contributed by atoms with Crippen molar-refractivity contribution in [3.8, 4) is 11.5 Å². The minimum absolute atomic E-state index is 0.0407. The molecule has 2 aromatic carbocycles. The molecule has 0 bridgehead atoms. The van der Waals surface area contributed by atoms with Crippen molar-refractivity contribution in [1.29, 1.82) is 0 Å². The molecule has 7 nitrogen and oxygen atoms in total. The quantitative estimate of drug-likeness (QED) is 0.631. The number of nitrogens with zero attached hydrogens (tertiary/aromatic N) is 4. The average molecular weight is 376 g/mol. The van der Waals surface area contributed by atoms with E-state index in [1.807, 2.05) is 0 Å². The largest absolute Gasteiger partial charge is 0.493 e. The number of hydrogen-bond acceptors (Lipinski definition) is 6. The van der Waals surface area contributed by atoms with Crippen molar-refractivity contribution in [2.75, 3.05) is 14.2 Å². The second-order valence-electron chi connectivity index (χ2n) is 5.93. The Balaban J connectivity index is 1.77. The first kappa shape index (κ1) is 18.7. The highest BCUT2D eigenvalue weighted by molar-refractivity contribution is 5.76. The molecule has 0 aliphatic heterocycles. The maximum absolute atomic E-state index is 12.5. The van der Waals surface area contributed by atoms with Crippen molar-refractivity contribution in [2.24, 2.45) is 0 Å². The standard InChI is InChI=1S/C18H18F2N4O3/c1-23(10-12-7-8-15(26-2)16(9-12)27-18(19)20)11-24-17(25)13-5-3-4-6-14(13)21-22-24/h3-9,18H,10-11H2,1-2H3. The van der Waals surface area contributed by atoms with Crippen molar-refractivity contribution >= 4 is 10.9 Å². The van der Waals surface area contributed by atoms with Gasteiger partial charge in [0.25, 0.3) is 5.56 Å². The average Bonchev–Trinajstić information content (AvgIpc) is 2.64. The molecule has 0 saturated heterocycles. The molecule has 0 radical (unpaired) electrons. The van der Waals surface area contributed by atoms with Crippen LogP contribution in [0.25, 0.3) is 10.9 Å². The highest BCUT2D eigenvalue weighted by Gasteiger charge is 2.13. The van der Waals surface area contributed by atoms with Crippen LogP contribution in [-0.4, -0.2) is 40.7 Å². The summed E-state index contributed by atoms with van der Waals surface area (Å²) in [6, 6.07) is 11.7. The van der Waals surface area contributed by atoms with Crippen molar-refractivity contribution < 1.29 is 18.3 Å². The number of ether oxygens (including phenoxy) is 2. The number of aromatic nitrogens is 3. The van der Waals surface area contributed by atoms with Gasteiger partial charge in [0.15, 0.2) is 11.5 Å². The maximum atomic E-state index is 12.5. The van der Waals surface area contributed by atoms with Crippen molar-refractivity contribution in [2.45, 2.75) is 19.8 Å². The number of fused-ring (bicyclic) bond motifs is 1. The Labute approximate surface area is 153 Å². The molecule has 0 aliphatic rings. The fourth-order valence-electron chi connectivity index (χ4n) is 2.71. The lowest BCUT2D eigenvalue weighted by molar-refractivity contribution is -0.0512. The number of benzene rings is 2. The van der Waals surface area contributed by atoms with Crippen molar-refractivity contribution in [3.05, 3.63) is 58.4 Å². The Kier molecular flexibility index (Phi) is 5.60. The third kappa shape index (κ3) is 4.37. The van der Waals surface area contributed by atoms with Gasteiger partial charge in [0, 0.05) is 6.54 Å². The first-order valence-corrected chi connectivity index (χ1v) is 8.10. The van der Waals surface area contributed by atoms with E-state index in [9.17, 15) is 13.6 Å². The van der Waals surface area contributed by atoms with Gasteiger partial charge in [-0.05, 0) is 36.9 Å². The molecule has 0 amide bonds. The zero-order chi connectivity index (χ0) is 19.4. The summed E-state index contributed by atoms with van der Waals surface area (Å²) < 4.78 is 35.9. The summed E-state index contributed by atoms with van der Waals surface area (Å²) >= 11 is 0. The number of alkyl halides is 2. The Morgan fingerprint density at radius 3 is 2.70 bits per heavy atom. The lowest BCUT2D eigenvalue weighted by Gasteiger charge is -2.18. The monoisotopic (exact) mass is 376 g/mol. The predicted octanol–water partition coefficient (Wildman–Crippen LogP) is 2.49. The molecule has 3 aromatic rings. The van der Waals surface area contributed by atoms with Crippen LogP contribution in [0.5, 0.6) is 11.5 Å². The molecular formula is C18H18F2N4O3. The van der Waals surface area contributed by atoms with Crippen LogP contribution in [0.4, 0.5) is 8.78 Å². The SMILES string of the molecule is COc1ccc(CN(C)Cn2nnc3ccccc3c2=O)cc1OC(F)F. The van der Waals surface area contributed by atoms with Crippen molar-refractivity contribution in [3.63, 3.8) is 0 Å². The lowest BCUT2D eigenvalue weighted by Crippen LogP contribution is -2.32. The van der Waals surface area contributed by atoms with Crippen molar-refractivity contribution in [1.82, 2.24) is 19.9 Å². The Bertz CT molecular complexity index is 994. The maximum Gasteiger partial charge on any atom is 0.387 e. The molecule has 0 aliphatic carbocycles. The van der Waals surface area contributed by atoms with Gasteiger partial charge >= 0.3 is 6.61 Å². The van der Waals surface area contributed by atoms with E-state index in [0.717, 1.165) is 5.56 Å². The number of hydrogen-bond donors (Lipinski definition) is 0. The molecule has 3 rings (SSSR count). The summed E-state index contributed by atoms with van der Waals surface area (Å²) in [5, 5.41) is 8.46. The van der Waals surface area contributed by atoms with Gasteiger partial charge in [-0.1, -0.05) is 23.4 Å². The molecule has 1 aromatic heterocycles. The highest BCUT2D eigenvalue weighted by atomic mass is 19.3. The van der Waals surface area contributed by atoms with E-state index >= 15 is 0 Å². The number of halogens is 2. The van der Waals surface area contributed by atoms with Crippen LogP contribution in [0.15, 0.2) is 47.3 Å². The first-order chi connectivity index (χ1) is 13.0. The molecule has 9 heteroatoms. The van der Waals surface area contributed by atoms with Crippen LogP contribution in [0.2, 0.25) is 0 Å². The normalized spacial score (nSPS) is 11.3. The Morgan fingerprint density at radius 2 is 1.96 bits per heavy atom. The van der Waals surface area contributed by atoms with Gasteiger partial charge < -0.3 is 9.47 Å². The van der Waals surface area contributed by atoms with Crippen LogP contribution >= 0.6 is 0 Å². The predicted molar refractivity (Wildman–Crippen MR) is 94.9 cm³/mol. The van der Waals surface area contributed by atoms with E-state index in [-0.39, 0.29) is 23.7 Å². The van der Waals surface area contributed by atoms with Crippen LogP contribution < -0.4 is 15.0 Å². The highest BCUT2D eigenvalue weighted by Crippen LogP contribution is 2.29. The smallest absolute Gasteiger partial charge is 0.387 e. The van der Waals surface area contributed by atoms with E-state index in [0.29, 0.717) is 17.4 Å². The van der Waals surface area contributed by atoms with Gasteiger partial charge in [-0.15, -0.1) is 5.10 Å². The van der Waals surface area contributed by atoms with E-state index in [2.05, 4.69) is 15.0 Å². The summed E-state index contributed by atoms with van der Waals surface area (Å²) in [6.45, 7) is -2.38. The topological polar surface area (TPSA) is 69.5 Å². The first-order valence-electron chi connectivity index (χ1n) is 8.10. The number of rotatable bonds is 7. The summed E-state index contributed by atoms with van der Waals surface area (Å²) in [7, 11) is 3.16. The van der Waals surface area contributed by atoms with Crippen LogP contribution in [0, 0.1) is 0 Å². The summed E-state index contributed by atoms with van der Waals surface area (Å²) in [6.07, 6.45) is 0. The molecule has 0 N–H and O–H groups in total. The van der Waals surface area contributed by atoms with E-state index in [1.54, 1.807) is 48.3 Å². The van der Waals surface area contributed by atoms with Gasteiger partial charge in [-0.25, -0.2) is 0 Å². The molecule has 1 heterocycles. The molecule has 0 unspecified atom stereocenters. The second-order valence-corrected chi connectivity index (χ2v) is 5.93. The number of methoxy groups -OCH3 is 1. The fraction of sp³-hybridized carbons (Fsp3) is 0.278. The lowest BCUT2D eigenvalue weighted by atomic mass is 10.2. The van der Waals surface area contributed by atoms with E-state index in [4.69, 9.17) is 4.74 Å². The zero-order valence-electron chi connectivity index (χ0n) is 14.8. The van der Waals surface area contributed by atoms with Gasteiger partial charge in [0.1, 0.15) is 5.52 Å². The van der Waals surface area contributed by atoms with Crippen LogP contribution in [0.3, 0.4) is 0 Å². The molecule has 142 valence electrons. The summed E-state index contributed by atoms with van der Waals surface area (Å²) in [5.74, 6) is 0.180. The van der Waals surface area contributed by atoms with Gasteiger partial charge in [0.05, 0.1) is 19.2 Å². The van der Waals surface area contributed by atoms with E-state index < -0.39 is 6.61 Å². The third-order valence-corrected chi connectivity index (χ3v) is 3.90. The fourth-order valence-corrected chi connectivity index (χ4v) is 2.71. The molecule has 0 atom stereocenters.